The van der Waals surface area contributed by atoms with Crippen LogP contribution in [0, 0.1) is 5.82 Å². The van der Waals surface area contributed by atoms with Crippen molar-refractivity contribution in [2.24, 2.45) is 0 Å². The minimum Gasteiger partial charge on any atom is -0.454 e. The quantitative estimate of drug-likeness (QED) is 0.695. The van der Waals surface area contributed by atoms with Gasteiger partial charge in [0.05, 0.1) is 0 Å². The molecule has 146 valence electrons. The first-order valence-electron chi connectivity index (χ1n) is 8.78. The number of nitrogens with one attached hydrogen (secondary N) is 2. The Morgan fingerprint density at radius 3 is 2.59 bits per heavy atom. The molecule has 1 aliphatic rings. The summed E-state index contributed by atoms with van der Waals surface area (Å²) in [6.07, 6.45) is 1.38. The van der Waals surface area contributed by atoms with Crippen LogP contribution in [-0.4, -0.2) is 23.6 Å². The number of aromatic nitrogens is 1. The highest BCUT2D eigenvalue weighted by Crippen LogP contribution is 2.32. The van der Waals surface area contributed by atoms with Crippen molar-refractivity contribution in [3.63, 3.8) is 0 Å². The molecule has 29 heavy (non-hydrogen) atoms. The lowest BCUT2D eigenvalue weighted by atomic mass is 10.2. The number of anilines is 1. The van der Waals surface area contributed by atoms with Crippen LogP contribution in [0.1, 0.15) is 26.4 Å². The van der Waals surface area contributed by atoms with Gasteiger partial charge in [0.25, 0.3) is 11.8 Å². The normalized spacial score (nSPS) is 11.8. The maximum absolute atomic E-state index is 13.0. The Kier molecular flexibility index (Phi) is 5.07. The maximum atomic E-state index is 13.0. The molecule has 0 atom stereocenters. The van der Waals surface area contributed by atoms with Gasteiger partial charge in [-0.05, 0) is 54.1 Å². The molecule has 0 bridgehead atoms. The second-order valence-corrected chi connectivity index (χ2v) is 6.26. The SMILES string of the molecule is O=C(Nc1ccc(F)cc1)c1ccnc(C(=O)NCc2ccc3c(c2)OCO3)c1. The van der Waals surface area contributed by atoms with Gasteiger partial charge in [0.15, 0.2) is 11.5 Å². The van der Waals surface area contributed by atoms with Crippen molar-refractivity contribution < 1.29 is 23.5 Å². The van der Waals surface area contributed by atoms with E-state index < -0.39 is 17.6 Å². The zero-order valence-corrected chi connectivity index (χ0v) is 15.1. The van der Waals surface area contributed by atoms with E-state index in [-0.39, 0.29) is 24.6 Å². The Balaban J connectivity index is 1.40. The average molecular weight is 393 g/mol. The largest absolute Gasteiger partial charge is 0.454 e. The van der Waals surface area contributed by atoms with Crippen molar-refractivity contribution in [3.8, 4) is 11.5 Å². The number of pyridine rings is 1. The van der Waals surface area contributed by atoms with Crippen molar-refractivity contribution in [3.05, 3.63) is 83.4 Å². The van der Waals surface area contributed by atoms with Gasteiger partial charge >= 0.3 is 0 Å². The zero-order chi connectivity index (χ0) is 20.2. The van der Waals surface area contributed by atoms with Crippen LogP contribution in [0.4, 0.5) is 10.1 Å². The molecule has 1 aromatic heterocycles. The molecule has 0 spiro atoms. The van der Waals surface area contributed by atoms with Crippen molar-refractivity contribution in [2.75, 3.05) is 12.1 Å². The number of carbonyl (C=O) groups is 2. The summed E-state index contributed by atoms with van der Waals surface area (Å²) in [5.74, 6) is 0.0622. The number of benzene rings is 2. The molecule has 2 heterocycles. The minimum atomic E-state index is -0.427. The molecule has 4 rings (SSSR count). The molecule has 3 aromatic rings. The van der Waals surface area contributed by atoms with E-state index in [1.54, 1.807) is 12.1 Å². The van der Waals surface area contributed by atoms with Gasteiger partial charge in [-0.15, -0.1) is 0 Å². The van der Waals surface area contributed by atoms with E-state index in [1.165, 1.54) is 42.6 Å². The summed E-state index contributed by atoms with van der Waals surface area (Å²) in [6.45, 7) is 0.449. The summed E-state index contributed by atoms with van der Waals surface area (Å²) in [5.41, 5.74) is 1.66. The predicted molar refractivity (Wildman–Crippen MR) is 102 cm³/mol. The van der Waals surface area contributed by atoms with Gasteiger partial charge in [-0.1, -0.05) is 6.07 Å². The number of fused-ring (bicyclic) bond motifs is 1. The van der Waals surface area contributed by atoms with Gasteiger partial charge < -0.3 is 20.1 Å². The number of nitrogens with zero attached hydrogens (tertiary/aromatic N) is 1. The number of carbonyl (C=O) groups excluding carboxylic acids is 2. The highest BCUT2D eigenvalue weighted by Gasteiger charge is 2.15. The Bertz CT molecular complexity index is 1070. The molecule has 1 aliphatic heterocycles. The summed E-state index contributed by atoms with van der Waals surface area (Å²) in [4.78, 5) is 28.8. The lowest BCUT2D eigenvalue weighted by molar-refractivity contribution is 0.0946. The number of hydrogen-bond acceptors (Lipinski definition) is 5. The third-order valence-electron chi connectivity index (χ3n) is 4.25. The number of rotatable bonds is 5. The van der Waals surface area contributed by atoms with Crippen molar-refractivity contribution in [2.45, 2.75) is 6.54 Å². The highest BCUT2D eigenvalue weighted by molar-refractivity contribution is 6.05. The number of halogens is 1. The average Bonchev–Trinajstić information content (AvgIpc) is 3.21. The van der Waals surface area contributed by atoms with Crippen LogP contribution >= 0.6 is 0 Å². The van der Waals surface area contributed by atoms with Crippen LogP contribution in [0.3, 0.4) is 0 Å². The predicted octanol–water partition coefficient (Wildman–Crippen LogP) is 3.13. The van der Waals surface area contributed by atoms with Gasteiger partial charge in [-0.3, -0.25) is 14.6 Å². The minimum absolute atomic E-state index is 0.109. The van der Waals surface area contributed by atoms with E-state index in [9.17, 15) is 14.0 Å². The first-order chi connectivity index (χ1) is 14.1. The molecule has 0 unspecified atom stereocenters. The van der Waals surface area contributed by atoms with Crippen LogP contribution in [0.2, 0.25) is 0 Å². The lowest BCUT2D eigenvalue weighted by Gasteiger charge is -2.08. The lowest BCUT2D eigenvalue weighted by Crippen LogP contribution is -2.24. The Labute approximate surface area is 165 Å². The van der Waals surface area contributed by atoms with Crippen molar-refractivity contribution >= 4 is 17.5 Å². The molecule has 8 heteroatoms. The van der Waals surface area contributed by atoms with E-state index in [2.05, 4.69) is 15.6 Å². The van der Waals surface area contributed by atoms with E-state index >= 15 is 0 Å². The summed E-state index contributed by atoms with van der Waals surface area (Å²) in [5, 5.41) is 5.40. The summed E-state index contributed by atoms with van der Waals surface area (Å²) in [7, 11) is 0. The molecule has 0 aliphatic carbocycles. The van der Waals surface area contributed by atoms with Crippen molar-refractivity contribution in [1.82, 2.24) is 10.3 Å². The molecule has 0 saturated heterocycles. The number of amides is 2. The van der Waals surface area contributed by atoms with Gasteiger partial charge in [-0.25, -0.2) is 4.39 Å². The topological polar surface area (TPSA) is 89.6 Å². The standard InChI is InChI=1S/C21H16FN3O4/c22-15-2-4-16(5-3-15)25-20(26)14-7-8-23-17(10-14)21(27)24-11-13-1-6-18-19(9-13)29-12-28-18/h1-10H,11-12H2,(H,24,27)(H,25,26). The number of hydrogen-bond donors (Lipinski definition) is 2. The van der Waals surface area contributed by atoms with Crippen molar-refractivity contribution in [1.29, 1.82) is 0 Å². The van der Waals surface area contributed by atoms with Crippen LogP contribution in [0.25, 0.3) is 0 Å². The smallest absolute Gasteiger partial charge is 0.270 e. The first-order valence-corrected chi connectivity index (χ1v) is 8.78. The van der Waals surface area contributed by atoms with E-state index in [0.717, 1.165) is 5.56 Å². The molecule has 0 radical (unpaired) electrons. The molecule has 0 fully saturated rings. The van der Waals surface area contributed by atoms with Crippen LogP contribution in [-0.2, 0) is 6.54 Å². The fourth-order valence-corrected chi connectivity index (χ4v) is 2.76. The molecule has 2 amide bonds. The van der Waals surface area contributed by atoms with Gasteiger partial charge in [0.2, 0.25) is 6.79 Å². The number of ether oxygens (including phenoxy) is 2. The van der Waals surface area contributed by atoms with Gasteiger partial charge in [-0.2, -0.15) is 0 Å². The second kappa shape index (κ2) is 7.97. The summed E-state index contributed by atoms with van der Waals surface area (Å²) in [6, 6.07) is 13.7. The van der Waals surface area contributed by atoms with Crippen LogP contribution in [0.5, 0.6) is 11.5 Å². The highest BCUT2D eigenvalue weighted by atomic mass is 19.1. The van der Waals surface area contributed by atoms with E-state index in [0.29, 0.717) is 17.2 Å². The monoisotopic (exact) mass is 393 g/mol. The maximum Gasteiger partial charge on any atom is 0.270 e. The molecule has 2 N–H and O–H groups in total. The molecule has 0 saturated carbocycles. The van der Waals surface area contributed by atoms with Crippen LogP contribution < -0.4 is 20.1 Å². The fraction of sp³-hybridized carbons (Fsp3) is 0.0952. The summed E-state index contributed by atoms with van der Waals surface area (Å²) >= 11 is 0. The van der Waals surface area contributed by atoms with Gasteiger partial charge in [0, 0.05) is 24.0 Å². The van der Waals surface area contributed by atoms with E-state index in [4.69, 9.17) is 9.47 Å². The van der Waals surface area contributed by atoms with E-state index in [1.807, 2.05) is 6.07 Å². The molecular formula is C21H16FN3O4. The Morgan fingerprint density at radius 2 is 1.76 bits per heavy atom. The third kappa shape index (κ3) is 4.32. The Hall–Kier alpha value is -3.94. The molecular weight excluding hydrogens is 377 g/mol. The third-order valence-corrected chi connectivity index (χ3v) is 4.25. The van der Waals surface area contributed by atoms with Crippen LogP contribution in [0.15, 0.2) is 60.8 Å². The summed E-state index contributed by atoms with van der Waals surface area (Å²) < 4.78 is 23.5. The fourth-order valence-electron chi connectivity index (χ4n) is 2.76. The van der Waals surface area contributed by atoms with Gasteiger partial charge in [0.1, 0.15) is 11.5 Å². The molecule has 7 nitrogen and oxygen atoms in total. The zero-order valence-electron chi connectivity index (χ0n) is 15.1. The Morgan fingerprint density at radius 1 is 0.966 bits per heavy atom. The second-order valence-electron chi connectivity index (χ2n) is 6.26. The molecule has 2 aromatic carbocycles. The first kappa shape index (κ1) is 18.4.